The minimum absolute atomic E-state index is 0.0113. The molecular formula is C15H15BrFNO3. The van der Waals surface area contributed by atoms with Crippen LogP contribution in [0, 0.1) is 5.82 Å². The number of nitrogen functional groups attached to an aromatic ring is 1. The second-order valence-corrected chi connectivity index (χ2v) is 5.33. The van der Waals surface area contributed by atoms with Gasteiger partial charge in [-0.05, 0) is 24.3 Å². The smallest absolute Gasteiger partial charge is 0.142 e. The number of hydrogen-bond donors (Lipinski definition) is 2. The number of halogens is 2. The van der Waals surface area contributed by atoms with Crippen LogP contribution in [0.15, 0.2) is 46.9 Å². The molecule has 4 nitrogen and oxygen atoms in total. The Balaban J connectivity index is 1.82. The predicted octanol–water partition coefficient (Wildman–Crippen LogP) is 2.99. The molecule has 2 aromatic rings. The summed E-state index contributed by atoms with van der Waals surface area (Å²) in [6.07, 6.45) is -0.855. The molecular weight excluding hydrogens is 341 g/mol. The van der Waals surface area contributed by atoms with Crippen molar-refractivity contribution >= 4 is 21.6 Å². The highest BCUT2D eigenvalue weighted by molar-refractivity contribution is 9.10. The van der Waals surface area contributed by atoms with Gasteiger partial charge in [0.05, 0.1) is 5.69 Å². The molecule has 2 rings (SSSR count). The van der Waals surface area contributed by atoms with Crippen LogP contribution in [0.2, 0.25) is 0 Å². The van der Waals surface area contributed by atoms with Crippen molar-refractivity contribution in [3.8, 4) is 11.5 Å². The maximum absolute atomic E-state index is 13.2. The van der Waals surface area contributed by atoms with Gasteiger partial charge in [0.1, 0.15) is 36.6 Å². The van der Waals surface area contributed by atoms with Crippen LogP contribution in [0.25, 0.3) is 0 Å². The number of aliphatic hydroxyl groups excluding tert-OH is 1. The third-order valence-corrected chi connectivity index (χ3v) is 3.09. The molecule has 0 aliphatic carbocycles. The Labute approximate surface area is 130 Å². The third-order valence-electron chi connectivity index (χ3n) is 2.63. The van der Waals surface area contributed by atoms with Gasteiger partial charge in [0.2, 0.25) is 0 Å². The van der Waals surface area contributed by atoms with Crippen molar-refractivity contribution in [1.29, 1.82) is 0 Å². The van der Waals surface area contributed by atoms with E-state index in [-0.39, 0.29) is 13.2 Å². The van der Waals surface area contributed by atoms with E-state index in [1.54, 1.807) is 30.3 Å². The minimum atomic E-state index is -0.855. The lowest BCUT2D eigenvalue weighted by molar-refractivity contribution is 0.0628. The highest BCUT2D eigenvalue weighted by atomic mass is 79.9. The zero-order valence-corrected chi connectivity index (χ0v) is 12.7. The largest absolute Gasteiger partial charge is 0.491 e. The second kappa shape index (κ2) is 7.28. The minimum Gasteiger partial charge on any atom is -0.491 e. The van der Waals surface area contributed by atoms with Crippen LogP contribution < -0.4 is 15.2 Å². The fourth-order valence-corrected chi connectivity index (χ4v) is 2.09. The third kappa shape index (κ3) is 4.91. The van der Waals surface area contributed by atoms with Crippen LogP contribution in [0.1, 0.15) is 0 Å². The van der Waals surface area contributed by atoms with Crippen molar-refractivity contribution in [2.24, 2.45) is 0 Å². The van der Waals surface area contributed by atoms with E-state index in [4.69, 9.17) is 15.2 Å². The molecule has 0 aliphatic rings. The summed E-state index contributed by atoms with van der Waals surface area (Å²) in [6.45, 7) is 0.0212. The first kappa shape index (κ1) is 15.6. The molecule has 21 heavy (non-hydrogen) atoms. The maximum atomic E-state index is 13.2. The quantitative estimate of drug-likeness (QED) is 0.781. The summed E-state index contributed by atoms with van der Waals surface area (Å²) in [5, 5.41) is 9.81. The number of ether oxygens (including phenoxy) is 2. The number of aliphatic hydroxyl groups is 1. The van der Waals surface area contributed by atoms with Gasteiger partial charge in [-0.15, -0.1) is 0 Å². The number of benzene rings is 2. The Morgan fingerprint density at radius 1 is 1.14 bits per heavy atom. The van der Waals surface area contributed by atoms with E-state index in [1.807, 2.05) is 0 Å². The first-order valence-electron chi connectivity index (χ1n) is 6.29. The molecule has 6 heteroatoms. The summed E-state index contributed by atoms with van der Waals surface area (Å²) in [4.78, 5) is 0. The van der Waals surface area contributed by atoms with E-state index in [0.29, 0.717) is 21.7 Å². The van der Waals surface area contributed by atoms with E-state index in [2.05, 4.69) is 15.9 Å². The monoisotopic (exact) mass is 355 g/mol. The Kier molecular flexibility index (Phi) is 5.41. The Bertz CT molecular complexity index is 589. The van der Waals surface area contributed by atoms with Gasteiger partial charge in [-0.2, -0.15) is 0 Å². The molecule has 112 valence electrons. The number of anilines is 1. The molecule has 0 fully saturated rings. The molecule has 1 unspecified atom stereocenters. The van der Waals surface area contributed by atoms with Crippen LogP contribution in [-0.4, -0.2) is 24.4 Å². The van der Waals surface area contributed by atoms with Gasteiger partial charge in [0.25, 0.3) is 0 Å². The summed E-state index contributed by atoms with van der Waals surface area (Å²) < 4.78 is 24.4. The first-order chi connectivity index (χ1) is 10.0. The first-order valence-corrected chi connectivity index (χ1v) is 7.08. The average molecular weight is 356 g/mol. The Morgan fingerprint density at radius 3 is 2.57 bits per heavy atom. The van der Waals surface area contributed by atoms with E-state index < -0.39 is 11.9 Å². The van der Waals surface area contributed by atoms with Crippen LogP contribution in [0.4, 0.5) is 10.1 Å². The van der Waals surface area contributed by atoms with Crippen molar-refractivity contribution in [2.75, 3.05) is 18.9 Å². The summed E-state index contributed by atoms with van der Waals surface area (Å²) in [5.74, 6) is 0.423. The van der Waals surface area contributed by atoms with Gasteiger partial charge in [-0.1, -0.05) is 28.1 Å². The lowest BCUT2D eigenvalue weighted by Crippen LogP contribution is -2.25. The van der Waals surface area contributed by atoms with Crippen molar-refractivity contribution < 1.29 is 19.0 Å². The maximum Gasteiger partial charge on any atom is 0.142 e. The molecule has 0 aliphatic heterocycles. The summed E-state index contributed by atoms with van der Waals surface area (Å²) in [5.41, 5.74) is 6.22. The Morgan fingerprint density at radius 2 is 1.86 bits per heavy atom. The number of nitrogens with two attached hydrogens (primary N) is 1. The molecule has 0 aromatic heterocycles. The highest BCUT2D eigenvalue weighted by Gasteiger charge is 2.09. The van der Waals surface area contributed by atoms with Crippen molar-refractivity contribution in [3.63, 3.8) is 0 Å². The van der Waals surface area contributed by atoms with Gasteiger partial charge in [-0.25, -0.2) is 4.39 Å². The Hall–Kier alpha value is -1.79. The van der Waals surface area contributed by atoms with Crippen LogP contribution >= 0.6 is 15.9 Å². The topological polar surface area (TPSA) is 64.7 Å². The molecule has 0 heterocycles. The van der Waals surface area contributed by atoms with Crippen LogP contribution in [-0.2, 0) is 0 Å². The SMILES string of the molecule is Nc1ccccc1OCC(O)COc1cc(F)cc(Br)c1. The van der Waals surface area contributed by atoms with Crippen molar-refractivity contribution in [3.05, 3.63) is 52.8 Å². The van der Waals surface area contributed by atoms with Crippen molar-refractivity contribution in [1.82, 2.24) is 0 Å². The van der Waals surface area contributed by atoms with Gasteiger partial charge in [0.15, 0.2) is 0 Å². The van der Waals surface area contributed by atoms with Gasteiger partial charge in [0, 0.05) is 10.5 Å². The van der Waals surface area contributed by atoms with Gasteiger partial charge < -0.3 is 20.3 Å². The highest BCUT2D eigenvalue weighted by Crippen LogP contribution is 2.21. The fourth-order valence-electron chi connectivity index (χ4n) is 1.65. The van der Waals surface area contributed by atoms with Gasteiger partial charge in [-0.3, -0.25) is 0 Å². The van der Waals surface area contributed by atoms with Crippen LogP contribution in [0.3, 0.4) is 0 Å². The molecule has 0 spiro atoms. The molecule has 0 saturated heterocycles. The average Bonchev–Trinajstić information content (AvgIpc) is 2.43. The fraction of sp³-hybridized carbons (Fsp3) is 0.200. The molecule has 0 saturated carbocycles. The lowest BCUT2D eigenvalue weighted by atomic mass is 10.3. The summed E-state index contributed by atoms with van der Waals surface area (Å²) in [6, 6.07) is 11.2. The predicted molar refractivity (Wildman–Crippen MR) is 82.0 cm³/mol. The number of para-hydroxylation sites is 2. The van der Waals surface area contributed by atoms with Gasteiger partial charge >= 0.3 is 0 Å². The van der Waals surface area contributed by atoms with E-state index in [0.717, 1.165) is 0 Å². The molecule has 0 radical (unpaired) electrons. The zero-order valence-electron chi connectivity index (χ0n) is 11.1. The van der Waals surface area contributed by atoms with E-state index in [9.17, 15) is 9.50 Å². The summed E-state index contributed by atoms with van der Waals surface area (Å²) in [7, 11) is 0. The zero-order chi connectivity index (χ0) is 15.2. The number of hydrogen-bond acceptors (Lipinski definition) is 4. The summed E-state index contributed by atoms with van der Waals surface area (Å²) >= 11 is 3.17. The van der Waals surface area contributed by atoms with Crippen molar-refractivity contribution in [2.45, 2.75) is 6.10 Å². The standard InChI is InChI=1S/C15H15BrFNO3/c16-10-5-11(17)7-13(6-10)20-8-12(19)9-21-15-4-2-1-3-14(15)18/h1-7,12,19H,8-9,18H2. The van der Waals surface area contributed by atoms with Crippen LogP contribution in [0.5, 0.6) is 11.5 Å². The molecule has 0 bridgehead atoms. The molecule has 3 N–H and O–H groups in total. The lowest BCUT2D eigenvalue weighted by Gasteiger charge is -2.14. The van der Waals surface area contributed by atoms with E-state index >= 15 is 0 Å². The molecule has 0 amide bonds. The molecule has 2 aromatic carbocycles. The van der Waals surface area contributed by atoms with E-state index in [1.165, 1.54) is 12.1 Å². The second-order valence-electron chi connectivity index (χ2n) is 4.42. The molecule has 1 atom stereocenters. The number of rotatable bonds is 6. The normalized spacial score (nSPS) is 12.0.